The summed E-state index contributed by atoms with van der Waals surface area (Å²) in [7, 11) is 206. The van der Waals surface area contributed by atoms with Crippen LogP contribution >= 0.6 is 853 Å². The zero-order valence-corrected chi connectivity index (χ0v) is 165. The molecule has 0 aromatic rings. The Morgan fingerprint density at radius 2 is 0.140 bits per heavy atom. The van der Waals surface area contributed by atoms with Gasteiger partial charge in [-0.3, -0.25) is 0 Å². The molecular weight excluding hydrogens is 3310 g/mol. The van der Waals surface area contributed by atoms with Gasteiger partial charge in [-0.1, -0.05) is 0 Å². The second kappa shape index (κ2) is 84.1. The third-order valence-corrected chi connectivity index (χ3v) is 767. The van der Waals surface area contributed by atoms with Crippen LogP contribution in [0.15, 0.2) is 0 Å². The van der Waals surface area contributed by atoms with Crippen molar-refractivity contribution in [3.8, 4) is 0 Å². The lowest BCUT2D eigenvalue weighted by Crippen LogP contribution is -1.74. The van der Waals surface area contributed by atoms with E-state index in [1.54, 1.807) is 0 Å². The topological polar surface area (TPSA) is 0 Å². The summed E-state index contributed by atoms with van der Waals surface area (Å²) in [5.41, 5.74) is 0. The van der Waals surface area contributed by atoms with Crippen molar-refractivity contribution >= 4 is 853 Å². The van der Waals surface area contributed by atoms with Gasteiger partial charge < -0.3 is 0 Å². The predicted octanol–water partition coefficient (Wildman–Crippen LogP) is 63.0. The molecule has 58 unspecified atom stereocenters. The van der Waals surface area contributed by atoms with E-state index in [-0.39, 0.29) is 34.9 Å². The molecule has 0 aliphatic heterocycles. The third-order valence-electron chi connectivity index (χ3n) is 9.47. The molecule has 0 amide bonds. The van der Waals surface area contributed by atoms with Crippen LogP contribution in [-0.2, 0) is 0 Å². The molecule has 0 saturated heterocycles. The summed E-state index contributed by atoms with van der Waals surface area (Å²) in [6.07, 6.45) is 0. The number of hydrogen-bond donors (Lipinski definition) is 0. The van der Waals surface area contributed by atoms with Crippen LogP contribution in [0.5, 0.6) is 0 Å². The largest absolute Gasteiger partial charge is 0.102 e. The highest BCUT2D eigenvalue weighted by atomic mass is 33.6. The van der Waals surface area contributed by atoms with Crippen LogP contribution in [0, 0.1) is 0 Å². The average molecular weight is 3420 g/mol. The molecular formula is H109P107. The molecule has 107 heavy (non-hydrogen) atoms. The van der Waals surface area contributed by atoms with Crippen LogP contribution in [0.3, 0.4) is 0 Å². The van der Waals surface area contributed by atoms with E-state index in [4.69, 9.17) is 0 Å². The lowest BCUT2D eigenvalue weighted by molar-refractivity contribution is 4.32. The van der Waals surface area contributed by atoms with Crippen LogP contribution in [0.4, 0.5) is 0 Å². The highest BCUT2D eigenvalue weighted by Gasteiger charge is 2.65. The molecule has 58 atom stereocenters. The highest BCUT2D eigenvalue weighted by Crippen LogP contribution is 3.52. The average Bonchev–Trinajstić information content (AvgIpc) is 3.43. The molecule has 107 heteroatoms. The molecule has 0 nitrogen and oxygen atoms in total. The molecule has 0 aromatic carbocycles. The summed E-state index contributed by atoms with van der Waals surface area (Å²) in [6, 6.07) is 0. The fourth-order valence-electron chi connectivity index (χ4n) is 6.56. The van der Waals surface area contributed by atoms with Gasteiger partial charge in [0.05, 0.1) is 0 Å². The van der Waals surface area contributed by atoms with E-state index in [0.717, 1.165) is 7.96 Å². The SMILES string of the molecule is PP(P)P(P(P)P)P(P(P)P)P(P(PP(P(P(P(P(P)P)P(P)P)P(P(P)P)P(P)P)P(P(P(P)P)P(P)P)P(P(P)P)P(P)P)P(P(P(P(P)P)P(P)P)P(P(P)P)P(P)P)P(P(P(P)P)P(P)P)P(P(P)P)P(P)P)P(P(P(P)P)P(P)P)P(P(P)P)P(P)P)P(P(P(P)P)P(P)P)P(P(P)P)P(P)P. The van der Waals surface area contributed by atoms with Crippen molar-refractivity contribution in [2.24, 2.45) is 0 Å². The highest BCUT2D eigenvalue weighted by molar-refractivity contribution is 9.58. The van der Waals surface area contributed by atoms with E-state index in [9.17, 15) is 0 Å². The van der Waals surface area contributed by atoms with E-state index in [1.165, 1.54) is 0 Å². The van der Waals surface area contributed by atoms with Gasteiger partial charge in [0.2, 0.25) is 0 Å². The van der Waals surface area contributed by atoms with Crippen molar-refractivity contribution < 1.29 is 0 Å². The monoisotopic (exact) mass is 3420 g/mol. The Balaban J connectivity index is 14.5. The number of hydrogen-bond acceptors (Lipinski definition) is 0. The molecule has 0 saturated carbocycles. The molecule has 0 fully saturated rings. The summed E-state index contributed by atoms with van der Waals surface area (Å²) >= 11 is 0. The summed E-state index contributed by atoms with van der Waals surface area (Å²) in [4.78, 5) is 0. The van der Waals surface area contributed by atoms with Crippen molar-refractivity contribution in [1.82, 2.24) is 0 Å². The number of rotatable bonds is 52. The zero-order chi connectivity index (χ0) is 84.7. The quantitative estimate of drug-likeness (QED) is 0.0533. The maximum Gasteiger partial charge on any atom is -0.000359 e. The first-order chi connectivity index (χ1) is 48.7. The van der Waals surface area contributed by atoms with Crippen LogP contribution in [0.2, 0.25) is 0 Å². The van der Waals surface area contributed by atoms with Gasteiger partial charge in [-0.2, -0.15) is 0 Å². The molecule has 0 rings (SSSR count). The fraction of sp³-hybridized carbons (Fsp3) is 0. The second-order valence-electron chi connectivity index (χ2n) is 17.1. The van der Waals surface area contributed by atoms with Gasteiger partial charge in [-0.05, 0) is 371 Å². The Labute approximate surface area is 839 Å². The van der Waals surface area contributed by atoms with Crippen LogP contribution in [-0.4, -0.2) is 0 Å². The Hall–Kier alpha value is 46.0. The standard InChI is InChI=1S/H109P107/c1-56(2)85(57(3)4)98(82(53)54)100(103(88(62(13)14)63(15)16)89(64(17)18)65(19)20)83(99(86(58(5)6)59(7)8)87(60(9)10)61(11)12)55-84(101(104(90(66(21)22)67(23)24)91(68(25)26)69(27)28)105(92(70(29)30)71(31)32)93(72(33)34)73(35)36)102(106(94(74(37)38)75(39)40)95(76(41)42)77(43)44)107(96(78(45)46)79(47)48)97(80(49)50)81(51)52/h55H,1-54H2. The van der Waals surface area contributed by atoms with Crippen molar-refractivity contribution in [1.29, 1.82) is 0 Å². The minimum atomic E-state index is -0.617. The molecule has 0 aliphatic rings. The van der Waals surface area contributed by atoms with E-state index in [2.05, 4.69) is 482 Å². The molecule has 0 aromatic heterocycles. The van der Waals surface area contributed by atoms with Crippen molar-refractivity contribution in [2.45, 2.75) is 0 Å². The molecule has 0 radical (unpaired) electrons. The normalized spacial score (nSPS) is 15.6. The van der Waals surface area contributed by atoms with Crippen LogP contribution < -0.4 is 0 Å². The van der Waals surface area contributed by atoms with Crippen molar-refractivity contribution in [2.75, 3.05) is 0 Å². The smallest absolute Gasteiger partial charge is 0.000359 e. The molecule has 0 bridgehead atoms. The van der Waals surface area contributed by atoms with Gasteiger partial charge in [0.15, 0.2) is 0 Å². The first-order valence-electron chi connectivity index (χ1n) is 24.4. The van der Waals surface area contributed by atoms with Gasteiger partial charge in [-0.25, -0.2) is 0 Å². The van der Waals surface area contributed by atoms with Crippen LogP contribution in [0.25, 0.3) is 0 Å². The maximum absolute atomic E-state index is 3.91. The first-order valence-corrected chi connectivity index (χ1v) is 220. The van der Waals surface area contributed by atoms with E-state index in [0.29, 0.717) is 0 Å². The lowest BCUT2D eigenvalue weighted by atomic mass is 28.4. The van der Waals surface area contributed by atoms with Crippen LogP contribution in [0.1, 0.15) is 0 Å². The Morgan fingerprint density at radius 3 is 0.234 bits per heavy atom. The first kappa shape index (κ1) is 153. The second-order valence-corrected chi connectivity index (χ2v) is 462. The van der Waals surface area contributed by atoms with Gasteiger partial charge in [-0.15, -0.1) is 482 Å². The maximum atomic E-state index is 3.91. The van der Waals surface area contributed by atoms with Gasteiger partial charge in [0, 0.05) is 0 Å². The minimum Gasteiger partial charge on any atom is -0.102 e. The lowest BCUT2D eigenvalue weighted by Gasteiger charge is -2.61. The van der Waals surface area contributed by atoms with Gasteiger partial charge in [0.25, 0.3) is 0 Å². The summed E-state index contributed by atoms with van der Waals surface area (Å²) in [6.45, 7) is -22.5. The predicted molar refractivity (Wildman–Crippen MR) is 892 cm³/mol. The Morgan fingerprint density at radius 1 is 0.0748 bits per heavy atom. The molecule has 0 aliphatic carbocycles. The van der Waals surface area contributed by atoms with Gasteiger partial charge >= 0.3 is 0 Å². The summed E-state index contributed by atoms with van der Waals surface area (Å²) < 4.78 is 0. The van der Waals surface area contributed by atoms with Crippen molar-refractivity contribution in [3.63, 3.8) is 0 Å². The van der Waals surface area contributed by atoms with Crippen molar-refractivity contribution in [3.05, 3.63) is 0 Å². The van der Waals surface area contributed by atoms with E-state index in [1.807, 2.05) is 0 Å². The molecule has 0 N–H and O–H groups in total. The summed E-state index contributed by atoms with van der Waals surface area (Å²) in [5.74, 6) is 0. The summed E-state index contributed by atoms with van der Waals surface area (Å²) in [5, 5.41) is 0. The Kier molecular flexibility index (Phi) is 120. The third kappa shape index (κ3) is 54.7. The Bertz CT molecular complexity index is 1830. The van der Waals surface area contributed by atoms with Gasteiger partial charge in [0.1, 0.15) is 0 Å². The van der Waals surface area contributed by atoms with E-state index < -0.39 is 328 Å². The molecule has 0 heterocycles. The van der Waals surface area contributed by atoms with E-state index >= 15 is 0 Å². The minimum absolute atomic E-state index is 0.352. The molecule has 644 valence electrons. The molecule has 0 spiro atoms. The fourth-order valence-corrected chi connectivity index (χ4v) is 1590. The zero-order valence-electron chi connectivity index (χ0n) is 54.9.